The van der Waals surface area contributed by atoms with E-state index in [0.717, 1.165) is 21.5 Å². The van der Waals surface area contributed by atoms with Crippen LogP contribution in [0.1, 0.15) is 16.8 Å². The van der Waals surface area contributed by atoms with Crippen molar-refractivity contribution in [3.05, 3.63) is 102 Å². The molecule has 0 radical (unpaired) electrons. The molecular weight excluding hydrogens is 402 g/mol. The van der Waals surface area contributed by atoms with Crippen LogP contribution in [0.25, 0.3) is 22.0 Å². The van der Waals surface area contributed by atoms with Crippen LogP contribution in [0.15, 0.2) is 85.2 Å². The number of amides is 2. The van der Waals surface area contributed by atoms with Crippen LogP contribution >= 0.6 is 0 Å². The summed E-state index contributed by atoms with van der Waals surface area (Å²) in [5, 5.41) is 1.08. The number of imide groups is 1. The molecule has 4 aromatic rings. The molecule has 0 saturated carbocycles. The first kappa shape index (κ1) is 19.6. The van der Waals surface area contributed by atoms with Crippen molar-refractivity contribution in [1.82, 2.24) is 14.9 Å². The number of likely N-dealkylation sites (N-methyl/N-ethyl adjacent to an activating group) is 1. The fraction of sp³-hybridized carbons (Fsp3) is 0.0769. The van der Waals surface area contributed by atoms with Crippen LogP contribution < -0.4 is 4.74 Å². The Morgan fingerprint density at radius 3 is 2.16 bits per heavy atom. The van der Waals surface area contributed by atoms with Gasteiger partial charge in [0.05, 0.1) is 22.4 Å². The predicted octanol–water partition coefficient (Wildman–Crippen LogP) is 4.12. The average Bonchev–Trinajstić information content (AvgIpc) is 3.07. The maximum absolute atomic E-state index is 12.8. The van der Waals surface area contributed by atoms with Crippen LogP contribution in [-0.2, 0) is 16.2 Å². The molecule has 0 fully saturated rings. The molecule has 32 heavy (non-hydrogen) atoms. The Hall–Kier alpha value is -4.32. The van der Waals surface area contributed by atoms with Gasteiger partial charge in [0.25, 0.3) is 11.8 Å². The minimum atomic E-state index is -0.323. The molecule has 5 rings (SSSR count). The molecule has 0 bridgehead atoms. The molecule has 2 aromatic heterocycles. The maximum Gasteiger partial charge on any atom is 0.261 e. The number of benzene rings is 2. The molecule has 1 aliphatic rings. The largest absolute Gasteiger partial charge is 0.487 e. The summed E-state index contributed by atoms with van der Waals surface area (Å²) in [7, 11) is 1.49. The van der Waals surface area contributed by atoms with Gasteiger partial charge in [0.2, 0.25) is 0 Å². The summed E-state index contributed by atoms with van der Waals surface area (Å²) < 4.78 is 5.89. The number of carbonyl (C=O) groups is 2. The summed E-state index contributed by atoms with van der Waals surface area (Å²) in [6.45, 7) is 0.329. The maximum atomic E-state index is 12.8. The smallest absolute Gasteiger partial charge is 0.261 e. The second-order valence-corrected chi connectivity index (χ2v) is 7.46. The van der Waals surface area contributed by atoms with Crippen LogP contribution in [0.5, 0.6) is 5.75 Å². The third kappa shape index (κ3) is 3.52. The van der Waals surface area contributed by atoms with Crippen molar-refractivity contribution in [1.29, 1.82) is 0 Å². The van der Waals surface area contributed by atoms with Gasteiger partial charge in [-0.1, -0.05) is 36.4 Å². The van der Waals surface area contributed by atoms with E-state index in [1.165, 1.54) is 7.05 Å². The zero-order chi connectivity index (χ0) is 22.1. The Morgan fingerprint density at radius 2 is 1.44 bits per heavy atom. The lowest BCUT2D eigenvalue weighted by Gasteiger charge is -2.09. The number of hydrogen-bond donors (Lipinski definition) is 0. The molecular formula is C26H19N3O3. The van der Waals surface area contributed by atoms with E-state index in [0.29, 0.717) is 34.6 Å². The number of carbonyl (C=O) groups excluding carboxylic acids is 2. The van der Waals surface area contributed by atoms with Gasteiger partial charge in [-0.25, -0.2) is 4.98 Å². The molecule has 0 spiro atoms. The average molecular weight is 421 g/mol. The fourth-order valence-corrected chi connectivity index (χ4v) is 3.76. The number of hydrogen-bond acceptors (Lipinski definition) is 5. The number of para-hydroxylation sites is 1. The lowest BCUT2D eigenvalue weighted by atomic mass is 9.97. The van der Waals surface area contributed by atoms with Crippen molar-refractivity contribution in [2.24, 2.45) is 0 Å². The highest BCUT2D eigenvalue weighted by Gasteiger charge is 2.37. The fourth-order valence-electron chi connectivity index (χ4n) is 3.76. The monoisotopic (exact) mass is 421 g/mol. The van der Waals surface area contributed by atoms with Crippen LogP contribution in [0.2, 0.25) is 0 Å². The third-order valence-electron chi connectivity index (χ3n) is 5.44. The summed E-state index contributed by atoms with van der Waals surface area (Å²) in [5.74, 6) is 0.00893. The van der Waals surface area contributed by atoms with Gasteiger partial charge in [-0.2, -0.15) is 0 Å². The van der Waals surface area contributed by atoms with Crippen LogP contribution in [0.3, 0.4) is 0 Å². The van der Waals surface area contributed by atoms with E-state index < -0.39 is 0 Å². The highest BCUT2D eigenvalue weighted by molar-refractivity contribution is 6.48. The summed E-state index contributed by atoms with van der Waals surface area (Å²) in [6.07, 6.45) is 3.21. The Labute approximate surface area is 184 Å². The van der Waals surface area contributed by atoms with E-state index in [-0.39, 0.29) is 11.8 Å². The summed E-state index contributed by atoms with van der Waals surface area (Å²) in [6, 6.07) is 22.5. The van der Waals surface area contributed by atoms with Gasteiger partial charge in [-0.15, -0.1) is 0 Å². The first-order valence-electron chi connectivity index (χ1n) is 10.2. The first-order chi connectivity index (χ1) is 15.6. The minimum absolute atomic E-state index is 0.320. The molecule has 0 N–H and O–H groups in total. The molecule has 3 heterocycles. The lowest BCUT2D eigenvalue weighted by Crippen LogP contribution is -2.26. The zero-order valence-corrected chi connectivity index (χ0v) is 17.4. The van der Waals surface area contributed by atoms with E-state index in [4.69, 9.17) is 4.74 Å². The topological polar surface area (TPSA) is 72.4 Å². The van der Waals surface area contributed by atoms with Crippen molar-refractivity contribution >= 4 is 33.9 Å². The van der Waals surface area contributed by atoms with Crippen molar-refractivity contribution in [3.63, 3.8) is 0 Å². The zero-order valence-electron chi connectivity index (χ0n) is 17.4. The Kier molecular flexibility index (Phi) is 4.95. The summed E-state index contributed by atoms with van der Waals surface area (Å²) in [5.41, 5.74) is 3.85. The van der Waals surface area contributed by atoms with E-state index in [9.17, 15) is 9.59 Å². The van der Waals surface area contributed by atoms with E-state index in [1.807, 2.05) is 36.4 Å². The first-order valence-corrected chi connectivity index (χ1v) is 10.2. The molecule has 6 heteroatoms. The highest BCUT2D eigenvalue weighted by atomic mass is 16.5. The van der Waals surface area contributed by atoms with Gasteiger partial charge in [0, 0.05) is 24.8 Å². The number of pyridine rings is 2. The van der Waals surface area contributed by atoms with Gasteiger partial charge in [0.1, 0.15) is 12.4 Å². The normalized spacial score (nSPS) is 13.8. The Bertz CT molecular complexity index is 1360. The van der Waals surface area contributed by atoms with Gasteiger partial charge in [0.15, 0.2) is 0 Å². The molecule has 2 amide bonds. The summed E-state index contributed by atoms with van der Waals surface area (Å²) >= 11 is 0. The Balaban J connectivity index is 1.40. The molecule has 0 unspecified atom stereocenters. The van der Waals surface area contributed by atoms with Gasteiger partial charge < -0.3 is 4.74 Å². The second kappa shape index (κ2) is 8.07. The third-order valence-corrected chi connectivity index (χ3v) is 5.44. The lowest BCUT2D eigenvalue weighted by molar-refractivity contribution is -0.134. The highest BCUT2D eigenvalue weighted by Crippen LogP contribution is 2.35. The molecule has 1 aliphatic heterocycles. The molecule has 156 valence electrons. The van der Waals surface area contributed by atoms with E-state index in [2.05, 4.69) is 9.97 Å². The molecule has 2 aromatic carbocycles. The number of rotatable bonds is 5. The number of aromatic nitrogens is 2. The van der Waals surface area contributed by atoms with Gasteiger partial charge in [-0.05, 0) is 47.5 Å². The molecule has 0 aliphatic carbocycles. The standard InChI is InChI=1S/C26H19N3O3/c1-29-25(30)23(24(26(29)31)19-12-14-27-15-13-19)18-7-10-21(11-8-18)32-16-20-9-6-17-4-2-3-5-22(17)28-20/h2-15H,16H2,1H3. The number of nitrogens with zero attached hydrogens (tertiary/aromatic N) is 3. The SMILES string of the molecule is CN1C(=O)C(c2ccncc2)=C(c2ccc(OCc3ccc4ccccc4n3)cc2)C1=O. The molecule has 0 saturated heterocycles. The second-order valence-electron chi connectivity index (χ2n) is 7.46. The predicted molar refractivity (Wildman–Crippen MR) is 121 cm³/mol. The van der Waals surface area contributed by atoms with Crippen molar-refractivity contribution in [2.45, 2.75) is 6.61 Å². The van der Waals surface area contributed by atoms with Crippen molar-refractivity contribution in [3.8, 4) is 5.75 Å². The van der Waals surface area contributed by atoms with E-state index in [1.54, 1.807) is 48.8 Å². The summed E-state index contributed by atoms with van der Waals surface area (Å²) in [4.78, 5) is 35.3. The van der Waals surface area contributed by atoms with Crippen LogP contribution in [-0.4, -0.2) is 33.7 Å². The van der Waals surface area contributed by atoms with Crippen LogP contribution in [0, 0.1) is 0 Å². The van der Waals surface area contributed by atoms with E-state index >= 15 is 0 Å². The molecule has 0 atom stereocenters. The number of ether oxygens (including phenoxy) is 1. The Morgan fingerprint density at radius 1 is 0.781 bits per heavy atom. The van der Waals surface area contributed by atoms with Crippen molar-refractivity contribution in [2.75, 3.05) is 7.05 Å². The molecule has 6 nitrogen and oxygen atoms in total. The van der Waals surface area contributed by atoms with Crippen molar-refractivity contribution < 1.29 is 14.3 Å². The van der Waals surface area contributed by atoms with Gasteiger partial charge in [-0.3, -0.25) is 19.5 Å². The minimum Gasteiger partial charge on any atom is -0.487 e. The quantitative estimate of drug-likeness (QED) is 0.453. The van der Waals surface area contributed by atoms with Crippen LogP contribution in [0.4, 0.5) is 0 Å². The van der Waals surface area contributed by atoms with Gasteiger partial charge >= 0.3 is 0 Å². The number of fused-ring (bicyclic) bond motifs is 1.